The van der Waals surface area contributed by atoms with Gasteiger partial charge in [0.25, 0.3) is 10.1 Å². The predicted octanol–water partition coefficient (Wildman–Crippen LogP) is 2.91. The molecule has 1 saturated carbocycles. The molecule has 3 aromatic rings. The van der Waals surface area contributed by atoms with E-state index in [9.17, 15) is 23.2 Å². The molecule has 0 aromatic heterocycles. The summed E-state index contributed by atoms with van der Waals surface area (Å²) in [5, 5.41) is 26.0. The lowest BCUT2D eigenvalue weighted by atomic mass is 9.91. The summed E-state index contributed by atoms with van der Waals surface area (Å²) in [6, 6.07) is 7.99. The molecule has 0 spiro atoms. The number of aromatic hydroxyl groups is 2. The third-order valence-electron chi connectivity index (χ3n) is 5.65. The molecule has 8 N–H and O–H groups in total. The quantitative estimate of drug-likeness (QED) is 0.164. The van der Waals surface area contributed by atoms with Gasteiger partial charge in [-0.2, -0.15) is 8.42 Å². The lowest BCUT2D eigenvalue weighted by Gasteiger charge is -2.29. The third kappa shape index (κ3) is 3.31. The summed E-state index contributed by atoms with van der Waals surface area (Å²) < 4.78 is 33.5. The summed E-state index contributed by atoms with van der Waals surface area (Å²) in [5.74, 6) is -0.387. The van der Waals surface area contributed by atoms with Gasteiger partial charge >= 0.3 is 0 Å². The number of rotatable bonds is 3. The molecule has 1 fully saturated rings. The van der Waals surface area contributed by atoms with Crippen molar-refractivity contribution in [1.82, 2.24) is 0 Å². The van der Waals surface area contributed by atoms with Crippen LogP contribution in [0.2, 0.25) is 0 Å². The minimum Gasteiger partial charge on any atom is -0.507 e. The van der Waals surface area contributed by atoms with Gasteiger partial charge in [0.2, 0.25) is 0 Å². The van der Waals surface area contributed by atoms with E-state index in [0.717, 1.165) is 25.7 Å². The molecule has 0 heterocycles. The Bertz CT molecular complexity index is 1220. The number of nitrogens with two attached hydrogens (primary N) is 2. The molecule has 1 aliphatic carbocycles. The van der Waals surface area contributed by atoms with E-state index in [1.807, 2.05) is 0 Å². The van der Waals surface area contributed by atoms with Crippen molar-refractivity contribution in [3.8, 4) is 11.5 Å². The first kappa shape index (κ1) is 19.6. The van der Waals surface area contributed by atoms with E-state index in [0.29, 0.717) is 10.8 Å². The fourth-order valence-electron chi connectivity index (χ4n) is 4.14. The molecule has 154 valence electrons. The van der Waals surface area contributed by atoms with Crippen LogP contribution in [0.3, 0.4) is 0 Å². The molecule has 0 amide bonds. The molecule has 0 aliphatic heterocycles. The van der Waals surface area contributed by atoms with Gasteiger partial charge in [0.05, 0.1) is 16.5 Å². The lowest BCUT2D eigenvalue weighted by molar-refractivity contribution is 0.411. The summed E-state index contributed by atoms with van der Waals surface area (Å²) in [5.41, 5.74) is 11.9. The monoisotopic (exact) mass is 417 g/mol. The van der Waals surface area contributed by atoms with Crippen molar-refractivity contribution in [1.29, 1.82) is 0 Å². The van der Waals surface area contributed by atoms with Crippen LogP contribution in [0.5, 0.6) is 11.5 Å². The summed E-state index contributed by atoms with van der Waals surface area (Å²) >= 11 is 0. The van der Waals surface area contributed by atoms with E-state index in [1.54, 1.807) is 24.3 Å². The number of benzene rings is 3. The largest absolute Gasteiger partial charge is 0.507 e. The molecule has 4 rings (SSSR count). The molecular weight excluding hydrogens is 394 g/mol. The first-order valence-corrected chi connectivity index (χ1v) is 10.8. The molecule has 0 atom stereocenters. The van der Waals surface area contributed by atoms with Crippen LogP contribution in [0, 0.1) is 0 Å². The maximum atomic E-state index is 11.9. The van der Waals surface area contributed by atoms with E-state index >= 15 is 0 Å². The topological polar surface area (TPSA) is 159 Å². The first-order valence-electron chi connectivity index (χ1n) is 9.37. The number of phenols is 2. The number of hydrogen-bond donors (Lipinski definition) is 6. The highest BCUT2D eigenvalue weighted by atomic mass is 32.2. The van der Waals surface area contributed by atoms with Gasteiger partial charge in [0.15, 0.2) is 0 Å². The highest BCUT2D eigenvalue weighted by Crippen LogP contribution is 2.49. The Balaban J connectivity index is 2.04. The second-order valence-electron chi connectivity index (χ2n) is 7.56. The van der Waals surface area contributed by atoms with Crippen molar-refractivity contribution in [2.75, 3.05) is 11.1 Å². The zero-order valence-electron chi connectivity index (χ0n) is 15.6. The molecule has 0 saturated heterocycles. The minimum absolute atomic E-state index is 0.00360. The van der Waals surface area contributed by atoms with Crippen molar-refractivity contribution >= 4 is 43.0 Å². The Morgan fingerprint density at radius 1 is 0.966 bits per heavy atom. The van der Waals surface area contributed by atoms with Crippen LogP contribution in [0.25, 0.3) is 21.5 Å². The van der Waals surface area contributed by atoms with Crippen molar-refractivity contribution in [3.05, 3.63) is 30.3 Å². The Morgan fingerprint density at radius 2 is 1.52 bits per heavy atom. The molecule has 8 nitrogen and oxygen atoms in total. The Kier molecular flexibility index (Phi) is 4.68. The molecule has 0 bridgehead atoms. The molecule has 3 aromatic carbocycles. The van der Waals surface area contributed by atoms with Gasteiger partial charge in [-0.1, -0.05) is 24.3 Å². The van der Waals surface area contributed by atoms with Gasteiger partial charge in [-0.15, -0.1) is 0 Å². The molecular formula is C20H23N3O5S. The smallest absolute Gasteiger partial charge is 0.296 e. The summed E-state index contributed by atoms with van der Waals surface area (Å²) in [6.45, 7) is 0. The maximum absolute atomic E-state index is 11.9. The van der Waals surface area contributed by atoms with Crippen molar-refractivity contribution in [3.63, 3.8) is 0 Å². The van der Waals surface area contributed by atoms with Crippen LogP contribution < -0.4 is 16.8 Å². The predicted molar refractivity (Wildman–Crippen MR) is 113 cm³/mol. The zero-order chi connectivity index (χ0) is 20.9. The fourth-order valence-corrected chi connectivity index (χ4v) is 4.79. The Morgan fingerprint density at radius 3 is 2.07 bits per heavy atom. The van der Waals surface area contributed by atoms with Gasteiger partial charge in [-0.3, -0.25) is 4.55 Å². The second-order valence-corrected chi connectivity index (χ2v) is 8.95. The van der Waals surface area contributed by atoms with E-state index in [2.05, 4.69) is 5.32 Å². The fraction of sp³-hybridized carbons (Fsp3) is 0.300. The SMILES string of the molecule is Nc1c(S(=O)(=O)O)cc(NC2CCC(N)CC2)c2c(O)c3ccccc3c(O)c12. The normalized spacial score (nSPS) is 20.2. The Hall–Kier alpha value is -2.75. The van der Waals surface area contributed by atoms with E-state index in [-0.39, 0.29) is 45.7 Å². The van der Waals surface area contributed by atoms with Gasteiger partial charge in [0.1, 0.15) is 16.4 Å². The lowest BCUT2D eigenvalue weighted by Crippen LogP contribution is -2.32. The van der Waals surface area contributed by atoms with Gasteiger partial charge < -0.3 is 27.0 Å². The van der Waals surface area contributed by atoms with E-state index in [1.165, 1.54) is 6.07 Å². The van der Waals surface area contributed by atoms with Crippen molar-refractivity contribution < 1.29 is 23.2 Å². The number of nitrogen functional groups attached to an aromatic ring is 1. The van der Waals surface area contributed by atoms with Crippen molar-refractivity contribution in [2.45, 2.75) is 42.7 Å². The van der Waals surface area contributed by atoms with Gasteiger partial charge in [-0.25, -0.2) is 0 Å². The van der Waals surface area contributed by atoms with Crippen LogP contribution in [-0.4, -0.2) is 35.3 Å². The number of phenolic OH excluding ortho intramolecular Hbond substituents is 2. The van der Waals surface area contributed by atoms with Crippen molar-refractivity contribution in [2.24, 2.45) is 5.73 Å². The first-order chi connectivity index (χ1) is 13.7. The average Bonchev–Trinajstić information content (AvgIpc) is 2.68. The van der Waals surface area contributed by atoms with Crippen LogP contribution >= 0.6 is 0 Å². The zero-order valence-corrected chi connectivity index (χ0v) is 16.4. The van der Waals surface area contributed by atoms with Gasteiger partial charge in [0, 0.05) is 28.5 Å². The summed E-state index contributed by atoms with van der Waals surface area (Å²) in [4.78, 5) is -0.523. The third-order valence-corrected chi connectivity index (χ3v) is 6.54. The maximum Gasteiger partial charge on any atom is 0.296 e. The molecule has 1 aliphatic rings. The molecule has 0 radical (unpaired) electrons. The van der Waals surface area contributed by atoms with Gasteiger partial charge in [-0.05, 0) is 31.7 Å². The second kappa shape index (κ2) is 6.94. The summed E-state index contributed by atoms with van der Waals surface area (Å²) in [7, 11) is -4.66. The molecule has 29 heavy (non-hydrogen) atoms. The van der Waals surface area contributed by atoms with E-state index < -0.39 is 15.0 Å². The van der Waals surface area contributed by atoms with Crippen LogP contribution in [-0.2, 0) is 10.1 Å². The number of anilines is 2. The molecule has 0 unspecified atom stereocenters. The number of fused-ring (bicyclic) bond motifs is 2. The van der Waals surface area contributed by atoms with Crippen LogP contribution in [0.15, 0.2) is 35.2 Å². The Labute approximate surface area is 167 Å². The van der Waals surface area contributed by atoms with Crippen LogP contribution in [0.1, 0.15) is 25.7 Å². The standard InChI is InChI=1S/C20H23N3O5S/c21-10-5-7-11(8-6-10)23-14-9-15(29(26,27)28)18(22)17-16(14)19(24)12-3-1-2-4-13(12)20(17)25/h1-4,9-11,23-25H,5-8,21-22H2,(H,26,27,28). The molecule has 9 heteroatoms. The minimum atomic E-state index is -4.66. The highest BCUT2D eigenvalue weighted by molar-refractivity contribution is 7.86. The highest BCUT2D eigenvalue weighted by Gasteiger charge is 2.27. The average molecular weight is 417 g/mol. The summed E-state index contributed by atoms with van der Waals surface area (Å²) in [6.07, 6.45) is 3.18. The number of nitrogens with one attached hydrogen (secondary N) is 1. The number of hydrogen-bond acceptors (Lipinski definition) is 7. The van der Waals surface area contributed by atoms with E-state index in [4.69, 9.17) is 11.5 Å². The van der Waals surface area contributed by atoms with Crippen LogP contribution in [0.4, 0.5) is 11.4 Å².